The number of ether oxygens (including phenoxy) is 1. The molecule has 1 aliphatic carbocycles. The first-order valence-corrected chi connectivity index (χ1v) is 12.4. The van der Waals surface area contributed by atoms with Gasteiger partial charge in [0.25, 0.3) is 0 Å². The van der Waals surface area contributed by atoms with Crippen molar-refractivity contribution in [2.75, 3.05) is 26.7 Å². The molecule has 3 atom stereocenters. The monoisotopic (exact) mass is 436 g/mol. The van der Waals surface area contributed by atoms with Crippen LogP contribution in [-0.2, 0) is 21.6 Å². The fraction of sp³-hybridized carbons (Fsp3) is 0.536. The number of hydrogen-bond acceptors (Lipinski definition) is 3. The van der Waals surface area contributed by atoms with Gasteiger partial charge in [-0.3, -0.25) is 0 Å². The van der Waals surface area contributed by atoms with Crippen molar-refractivity contribution in [3.05, 3.63) is 71.8 Å². The van der Waals surface area contributed by atoms with Gasteiger partial charge in [0.2, 0.25) is 0 Å². The summed E-state index contributed by atoms with van der Waals surface area (Å²) in [6.45, 7) is 2.53. The quantitative estimate of drug-likeness (QED) is 0.475. The van der Waals surface area contributed by atoms with Crippen LogP contribution in [0.2, 0.25) is 0 Å². The van der Waals surface area contributed by atoms with E-state index in [1.165, 1.54) is 12.0 Å². The fourth-order valence-corrected chi connectivity index (χ4v) is 5.78. The molecule has 0 spiro atoms. The van der Waals surface area contributed by atoms with Crippen LogP contribution in [0.3, 0.4) is 0 Å². The van der Waals surface area contributed by atoms with Crippen molar-refractivity contribution in [1.29, 1.82) is 0 Å². The van der Waals surface area contributed by atoms with E-state index in [4.69, 9.17) is 4.74 Å². The van der Waals surface area contributed by atoms with Crippen molar-refractivity contribution in [3.8, 4) is 0 Å². The average Bonchev–Trinajstić information content (AvgIpc) is 3.23. The zero-order chi connectivity index (χ0) is 22.4. The lowest BCUT2D eigenvalue weighted by molar-refractivity contribution is -0.921. The van der Waals surface area contributed by atoms with E-state index < -0.39 is 11.6 Å². The largest absolute Gasteiger partial charge is 0.457 e. The smallest absolute Gasteiger partial charge is 0.343 e. The van der Waals surface area contributed by atoms with E-state index in [0.29, 0.717) is 12.2 Å². The van der Waals surface area contributed by atoms with Gasteiger partial charge in [-0.25, -0.2) is 4.79 Å². The summed E-state index contributed by atoms with van der Waals surface area (Å²) in [5.41, 5.74) is 0.475. The molecule has 4 heteroatoms. The van der Waals surface area contributed by atoms with Gasteiger partial charge in [0.15, 0.2) is 5.60 Å². The lowest BCUT2D eigenvalue weighted by atomic mass is 9.73. The topological polar surface area (TPSA) is 46.5 Å². The molecule has 1 heterocycles. The molecule has 0 bridgehead atoms. The van der Waals surface area contributed by atoms with Gasteiger partial charge < -0.3 is 14.3 Å². The Morgan fingerprint density at radius 2 is 1.62 bits per heavy atom. The molecule has 0 radical (unpaired) electrons. The normalized spacial score (nSPS) is 25.9. The molecule has 1 aliphatic heterocycles. The molecule has 2 aliphatic rings. The molecule has 0 aromatic heterocycles. The molecule has 2 unspecified atom stereocenters. The molecular formula is C28H38NO3+. The van der Waals surface area contributed by atoms with Gasteiger partial charge in [-0.05, 0) is 24.0 Å². The SMILES string of the molecule is C[N@+]1(CCc2ccccc2)CCCC1COC(=O)C(O)(c1ccccc1)C1CCCCC1. The molecular weight excluding hydrogens is 398 g/mol. The molecule has 0 amide bonds. The molecule has 4 nitrogen and oxygen atoms in total. The van der Waals surface area contributed by atoms with Gasteiger partial charge in [0.05, 0.1) is 20.1 Å². The summed E-state index contributed by atoms with van der Waals surface area (Å²) in [5, 5.41) is 11.8. The number of rotatable bonds is 8. The fourth-order valence-electron chi connectivity index (χ4n) is 5.78. The van der Waals surface area contributed by atoms with E-state index in [2.05, 4.69) is 37.4 Å². The van der Waals surface area contributed by atoms with Gasteiger partial charge in [0, 0.05) is 25.2 Å². The summed E-state index contributed by atoms with van der Waals surface area (Å²) in [4.78, 5) is 13.4. The Bertz CT molecular complexity index is 865. The number of aliphatic hydroxyl groups is 1. The van der Waals surface area contributed by atoms with Crippen molar-refractivity contribution < 1.29 is 19.1 Å². The Hall–Kier alpha value is -2.17. The molecule has 1 N–H and O–H groups in total. The molecule has 4 rings (SSSR count). The maximum absolute atomic E-state index is 13.4. The van der Waals surface area contributed by atoms with Gasteiger partial charge in [-0.1, -0.05) is 79.9 Å². The van der Waals surface area contributed by atoms with Crippen LogP contribution in [0.15, 0.2) is 60.7 Å². The lowest BCUT2D eigenvalue weighted by Crippen LogP contribution is -2.52. The van der Waals surface area contributed by atoms with Crippen LogP contribution in [-0.4, -0.2) is 48.3 Å². The van der Waals surface area contributed by atoms with Crippen LogP contribution in [0.25, 0.3) is 0 Å². The predicted octanol–water partition coefficient (Wildman–Crippen LogP) is 4.85. The number of nitrogens with zero attached hydrogens (tertiary/aromatic N) is 1. The Balaban J connectivity index is 1.44. The van der Waals surface area contributed by atoms with Crippen LogP contribution in [0, 0.1) is 5.92 Å². The number of likely N-dealkylation sites (N-methyl/N-ethyl adjacent to an activating group) is 1. The molecule has 172 valence electrons. The van der Waals surface area contributed by atoms with Gasteiger partial charge in [-0.15, -0.1) is 0 Å². The van der Waals surface area contributed by atoms with E-state index >= 15 is 0 Å². The van der Waals surface area contributed by atoms with E-state index in [1.807, 2.05) is 30.3 Å². The van der Waals surface area contributed by atoms with E-state index in [1.54, 1.807) is 0 Å². The highest BCUT2D eigenvalue weighted by molar-refractivity contribution is 5.81. The number of benzene rings is 2. The summed E-state index contributed by atoms with van der Waals surface area (Å²) >= 11 is 0. The first-order chi connectivity index (χ1) is 15.5. The Kier molecular flexibility index (Phi) is 7.32. The Labute approximate surface area is 192 Å². The van der Waals surface area contributed by atoms with Crippen molar-refractivity contribution in [1.82, 2.24) is 0 Å². The standard InChI is InChI=1S/C28H38NO3/c1-29(21-19-23-12-5-2-6-13-23)20-11-18-26(29)22-32-27(30)28(31,24-14-7-3-8-15-24)25-16-9-4-10-17-25/h2-3,5-8,12-15,25-26,31H,4,9-11,16-22H2,1H3/q+1/t26?,28?,29-/m1/s1. The van der Waals surface area contributed by atoms with Crippen LogP contribution in [0.4, 0.5) is 0 Å². The second-order valence-electron chi connectivity index (χ2n) is 10.0. The summed E-state index contributed by atoms with van der Waals surface area (Å²) in [6, 6.07) is 20.3. The number of esters is 1. The number of likely N-dealkylation sites (tertiary alicyclic amines) is 1. The number of quaternary nitrogens is 1. The molecule has 2 aromatic rings. The molecule has 32 heavy (non-hydrogen) atoms. The highest BCUT2D eigenvalue weighted by Gasteiger charge is 2.48. The minimum atomic E-state index is -1.55. The number of carbonyl (C=O) groups is 1. The highest BCUT2D eigenvalue weighted by atomic mass is 16.6. The zero-order valence-electron chi connectivity index (χ0n) is 19.4. The first-order valence-electron chi connectivity index (χ1n) is 12.4. The van der Waals surface area contributed by atoms with Crippen molar-refractivity contribution in [2.24, 2.45) is 5.92 Å². The number of carbonyl (C=O) groups excluding carboxylic acids is 1. The maximum atomic E-state index is 13.4. The minimum Gasteiger partial charge on any atom is -0.457 e. The van der Waals surface area contributed by atoms with Crippen LogP contribution < -0.4 is 0 Å². The Morgan fingerprint density at radius 3 is 2.31 bits per heavy atom. The lowest BCUT2D eigenvalue weighted by Gasteiger charge is -2.39. The van der Waals surface area contributed by atoms with Crippen molar-refractivity contribution >= 4 is 5.97 Å². The molecule has 2 aromatic carbocycles. The Morgan fingerprint density at radius 1 is 0.969 bits per heavy atom. The number of hydrogen-bond donors (Lipinski definition) is 1. The molecule has 2 fully saturated rings. The van der Waals surface area contributed by atoms with E-state index in [0.717, 1.165) is 62.5 Å². The van der Waals surface area contributed by atoms with Crippen LogP contribution >= 0.6 is 0 Å². The van der Waals surface area contributed by atoms with Crippen LogP contribution in [0.5, 0.6) is 0 Å². The third kappa shape index (κ3) is 4.92. The zero-order valence-corrected chi connectivity index (χ0v) is 19.4. The first kappa shape index (κ1) is 23.0. The van der Waals surface area contributed by atoms with Gasteiger partial charge in [0.1, 0.15) is 12.6 Å². The van der Waals surface area contributed by atoms with E-state index in [9.17, 15) is 9.90 Å². The average molecular weight is 437 g/mol. The third-order valence-corrected chi connectivity index (χ3v) is 7.97. The van der Waals surface area contributed by atoms with Gasteiger partial charge >= 0.3 is 5.97 Å². The van der Waals surface area contributed by atoms with E-state index in [-0.39, 0.29) is 12.0 Å². The molecule has 1 saturated heterocycles. The second kappa shape index (κ2) is 10.2. The minimum absolute atomic E-state index is 0.0753. The predicted molar refractivity (Wildman–Crippen MR) is 127 cm³/mol. The maximum Gasteiger partial charge on any atom is 0.343 e. The van der Waals surface area contributed by atoms with Gasteiger partial charge in [-0.2, -0.15) is 0 Å². The van der Waals surface area contributed by atoms with Crippen molar-refractivity contribution in [2.45, 2.75) is 63.0 Å². The summed E-state index contributed by atoms with van der Waals surface area (Å²) in [5.74, 6) is -0.536. The third-order valence-electron chi connectivity index (χ3n) is 7.97. The summed E-state index contributed by atoms with van der Waals surface area (Å²) in [6.07, 6.45) is 8.27. The summed E-state index contributed by atoms with van der Waals surface area (Å²) < 4.78 is 6.87. The highest BCUT2D eigenvalue weighted by Crippen LogP contribution is 2.40. The van der Waals surface area contributed by atoms with Crippen molar-refractivity contribution in [3.63, 3.8) is 0 Å². The summed E-state index contributed by atoms with van der Waals surface area (Å²) in [7, 11) is 2.29. The molecule has 1 saturated carbocycles. The van der Waals surface area contributed by atoms with Crippen LogP contribution in [0.1, 0.15) is 56.1 Å². The second-order valence-corrected chi connectivity index (χ2v) is 10.0.